The monoisotopic (exact) mass is 267 g/mol. The number of rotatable bonds is 4. The number of hydrogen-bond acceptors (Lipinski definition) is 5. The number of carbonyl (C=O) groups is 2. The third-order valence-electron chi connectivity index (χ3n) is 2.63. The zero-order valence-electron chi connectivity index (χ0n) is 11.3. The molecule has 1 aromatic rings. The van der Waals surface area contributed by atoms with Crippen molar-refractivity contribution in [2.24, 2.45) is 5.92 Å². The van der Waals surface area contributed by atoms with Crippen molar-refractivity contribution >= 4 is 17.9 Å². The number of carboxylic acid groups (broad SMARTS) is 1. The molecular weight excluding hydrogens is 250 g/mol. The number of carbonyl (C=O) groups excluding carboxylic acids is 1. The van der Waals surface area contributed by atoms with Crippen LogP contribution >= 0.6 is 0 Å². The van der Waals surface area contributed by atoms with Crippen molar-refractivity contribution in [2.45, 2.75) is 20.8 Å². The minimum Gasteiger partial charge on any atom is -0.481 e. The van der Waals surface area contributed by atoms with Crippen LogP contribution in [0, 0.1) is 19.8 Å². The highest BCUT2D eigenvalue weighted by molar-refractivity contribution is 5.87. The highest BCUT2D eigenvalue weighted by Crippen LogP contribution is 2.04. The molecular formula is C11H17N5O3. The number of amides is 2. The van der Waals surface area contributed by atoms with E-state index in [2.05, 4.69) is 20.5 Å². The Morgan fingerprint density at radius 1 is 1.32 bits per heavy atom. The summed E-state index contributed by atoms with van der Waals surface area (Å²) >= 11 is 0. The van der Waals surface area contributed by atoms with Crippen LogP contribution in [0.1, 0.15) is 18.3 Å². The zero-order chi connectivity index (χ0) is 14.6. The zero-order valence-corrected chi connectivity index (χ0v) is 11.3. The Kier molecular flexibility index (Phi) is 4.74. The van der Waals surface area contributed by atoms with E-state index in [1.165, 1.54) is 18.9 Å². The van der Waals surface area contributed by atoms with Crippen molar-refractivity contribution in [3.8, 4) is 0 Å². The van der Waals surface area contributed by atoms with Gasteiger partial charge in [0, 0.05) is 13.6 Å². The van der Waals surface area contributed by atoms with Crippen molar-refractivity contribution in [1.82, 2.24) is 20.1 Å². The fourth-order valence-corrected chi connectivity index (χ4v) is 1.27. The second kappa shape index (κ2) is 6.07. The molecule has 0 aromatic carbocycles. The Balaban J connectivity index is 2.63. The average molecular weight is 267 g/mol. The topological polar surface area (TPSA) is 108 Å². The Morgan fingerprint density at radius 2 is 1.95 bits per heavy atom. The molecule has 0 radical (unpaired) electrons. The first kappa shape index (κ1) is 14.8. The summed E-state index contributed by atoms with van der Waals surface area (Å²) in [6, 6.07) is -0.474. The van der Waals surface area contributed by atoms with Crippen LogP contribution in [-0.2, 0) is 4.79 Å². The van der Waals surface area contributed by atoms with Crippen LogP contribution < -0.4 is 5.32 Å². The molecule has 0 bridgehead atoms. The van der Waals surface area contributed by atoms with Crippen molar-refractivity contribution in [1.29, 1.82) is 0 Å². The van der Waals surface area contributed by atoms with Gasteiger partial charge in [0.15, 0.2) is 0 Å². The Hall–Kier alpha value is -2.25. The van der Waals surface area contributed by atoms with Gasteiger partial charge < -0.3 is 10.0 Å². The molecule has 1 unspecified atom stereocenters. The summed E-state index contributed by atoms with van der Waals surface area (Å²) in [5.74, 6) is -1.50. The van der Waals surface area contributed by atoms with Gasteiger partial charge in [-0.2, -0.15) is 5.10 Å². The second-order valence-electron chi connectivity index (χ2n) is 4.36. The summed E-state index contributed by atoms with van der Waals surface area (Å²) in [4.78, 5) is 27.8. The summed E-state index contributed by atoms with van der Waals surface area (Å²) in [7, 11) is 1.50. The molecule has 104 valence electrons. The molecule has 1 aromatic heterocycles. The molecule has 2 amide bonds. The van der Waals surface area contributed by atoms with Gasteiger partial charge in [0.1, 0.15) is 0 Å². The van der Waals surface area contributed by atoms with Gasteiger partial charge in [0.25, 0.3) is 5.95 Å². The molecule has 2 N–H and O–H groups in total. The number of hydrogen-bond donors (Lipinski definition) is 2. The van der Waals surface area contributed by atoms with E-state index in [1.807, 2.05) is 0 Å². The van der Waals surface area contributed by atoms with E-state index in [9.17, 15) is 9.59 Å². The number of aromatic nitrogens is 3. The van der Waals surface area contributed by atoms with Crippen LogP contribution in [-0.4, -0.2) is 50.8 Å². The third-order valence-corrected chi connectivity index (χ3v) is 2.63. The van der Waals surface area contributed by atoms with Crippen molar-refractivity contribution in [2.75, 3.05) is 18.9 Å². The number of nitrogens with zero attached hydrogens (tertiary/aromatic N) is 4. The van der Waals surface area contributed by atoms with E-state index in [1.54, 1.807) is 13.8 Å². The standard InChI is InChI=1S/C11H17N5O3/c1-6(9(17)18)5-16(4)11(19)13-10-12-7(2)8(3)14-15-10/h6H,5H2,1-4H3,(H,17,18)(H,12,13,15,19). The summed E-state index contributed by atoms with van der Waals surface area (Å²) in [5, 5.41) is 18.8. The van der Waals surface area contributed by atoms with Gasteiger partial charge in [0.05, 0.1) is 17.3 Å². The molecule has 0 saturated carbocycles. The summed E-state index contributed by atoms with van der Waals surface area (Å²) in [6.07, 6.45) is 0. The van der Waals surface area contributed by atoms with Gasteiger partial charge in [-0.3, -0.25) is 10.1 Å². The van der Waals surface area contributed by atoms with E-state index in [4.69, 9.17) is 5.11 Å². The van der Waals surface area contributed by atoms with Crippen LogP contribution in [0.2, 0.25) is 0 Å². The van der Waals surface area contributed by atoms with Gasteiger partial charge in [0.2, 0.25) is 0 Å². The van der Waals surface area contributed by atoms with Crippen LogP contribution in [0.3, 0.4) is 0 Å². The van der Waals surface area contributed by atoms with Crippen LogP contribution in [0.5, 0.6) is 0 Å². The molecule has 0 spiro atoms. The average Bonchev–Trinajstić information content (AvgIpc) is 2.33. The maximum absolute atomic E-state index is 11.8. The molecule has 0 aliphatic carbocycles. The lowest BCUT2D eigenvalue weighted by molar-refractivity contribution is -0.141. The number of anilines is 1. The Morgan fingerprint density at radius 3 is 2.47 bits per heavy atom. The molecule has 8 nitrogen and oxygen atoms in total. The molecule has 0 fully saturated rings. The first-order valence-corrected chi connectivity index (χ1v) is 5.74. The fraction of sp³-hybridized carbons (Fsp3) is 0.545. The van der Waals surface area contributed by atoms with Crippen LogP contribution in [0.25, 0.3) is 0 Å². The van der Waals surface area contributed by atoms with E-state index in [0.717, 1.165) is 0 Å². The number of aryl methyl sites for hydroxylation is 2. The molecule has 1 heterocycles. The minimum atomic E-state index is -0.955. The highest BCUT2D eigenvalue weighted by Gasteiger charge is 2.18. The van der Waals surface area contributed by atoms with Crippen molar-refractivity contribution in [3.63, 3.8) is 0 Å². The largest absolute Gasteiger partial charge is 0.481 e. The van der Waals surface area contributed by atoms with Gasteiger partial charge >= 0.3 is 12.0 Å². The first-order chi connectivity index (χ1) is 8.81. The number of carboxylic acids is 1. The highest BCUT2D eigenvalue weighted by atomic mass is 16.4. The lowest BCUT2D eigenvalue weighted by Crippen LogP contribution is -2.37. The number of urea groups is 1. The third kappa shape index (κ3) is 4.16. The van der Waals surface area contributed by atoms with E-state index in [0.29, 0.717) is 11.4 Å². The minimum absolute atomic E-state index is 0.0967. The Bertz CT molecular complexity index is 491. The van der Waals surface area contributed by atoms with E-state index >= 15 is 0 Å². The molecule has 0 aliphatic rings. The summed E-state index contributed by atoms with van der Waals surface area (Å²) in [5.41, 5.74) is 1.36. The summed E-state index contributed by atoms with van der Waals surface area (Å²) in [6.45, 7) is 5.15. The van der Waals surface area contributed by atoms with Gasteiger partial charge in [-0.05, 0) is 13.8 Å². The fourth-order valence-electron chi connectivity index (χ4n) is 1.27. The first-order valence-electron chi connectivity index (χ1n) is 5.74. The van der Waals surface area contributed by atoms with Gasteiger partial charge in [-0.1, -0.05) is 6.92 Å². The van der Waals surface area contributed by atoms with Gasteiger partial charge in [-0.25, -0.2) is 9.78 Å². The molecule has 0 aliphatic heterocycles. The van der Waals surface area contributed by atoms with Crippen molar-refractivity contribution in [3.05, 3.63) is 11.4 Å². The Labute approximate surface area is 110 Å². The molecule has 1 rings (SSSR count). The van der Waals surface area contributed by atoms with Crippen molar-refractivity contribution < 1.29 is 14.7 Å². The quantitative estimate of drug-likeness (QED) is 0.830. The molecule has 8 heteroatoms. The normalized spacial score (nSPS) is 11.8. The predicted molar refractivity (Wildman–Crippen MR) is 67.7 cm³/mol. The van der Waals surface area contributed by atoms with E-state index < -0.39 is 17.9 Å². The lowest BCUT2D eigenvalue weighted by Gasteiger charge is -2.19. The number of aliphatic carboxylic acids is 1. The molecule has 19 heavy (non-hydrogen) atoms. The van der Waals surface area contributed by atoms with Gasteiger partial charge in [-0.15, -0.1) is 5.10 Å². The lowest BCUT2D eigenvalue weighted by atomic mass is 10.2. The molecule has 1 atom stereocenters. The van der Waals surface area contributed by atoms with E-state index in [-0.39, 0.29) is 12.5 Å². The second-order valence-corrected chi connectivity index (χ2v) is 4.36. The molecule has 0 saturated heterocycles. The maximum Gasteiger partial charge on any atom is 0.324 e. The maximum atomic E-state index is 11.8. The number of nitrogens with one attached hydrogen (secondary N) is 1. The van der Waals surface area contributed by atoms with Crippen LogP contribution in [0.15, 0.2) is 0 Å². The summed E-state index contributed by atoms with van der Waals surface area (Å²) < 4.78 is 0. The van der Waals surface area contributed by atoms with Crippen LogP contribution in [0.4, 0.5) is 10.7 Å². The SMILES string of the molecule is Cc1nnc(NC(=O)N(C)CC(C)C(=O)O)nc1C. The smallest absolute Gasteiger partial charge is 0.324 e. The predicted octanol–water partition coefficient (Wildman–Crippen LogP) is 0.673.